The molecule has 0 spiro atoms. The minimum absolute atomic E-state index is 0.264. The minimum Gasteiger partial charge on any atom is -0.465 e. The number of carbonyl (C=O) groups is 2. The molecule has 0 saturated carbocycles. The Morgan fingerprint density at radius 3 is 2.69 bits per heavy atom. The summed E-state index contributed by atoms with van der Waals surface area (Å²) in [6.45, 7) is 1.41. The maximum atomic E-state index is 12.4. The van der Waals surface area contributed by atoms with E-state index in [4.69, 9.17) is 4.74 Å². The lowest BCUT2D eigenvalue weighted by atomic mass is 10.1. The first kappa shape index (κ1) is 17.3. The molecule has 0 atom stereocenters. The number of methoxy groups -OCH3 is 1. The molecule has 1 heterocycles. The second kappa shape index (κ2) is 7.14. The van der Waals surface area contributed by atoms with Crippen LogP contribution in [0.2, 0.25) is 0 Å². The van der Waals surface area contributed by atoms with Gasteiger partial charge in [0.15, 0.2) is 0 Å². The molecule has 0 aliphatic carbocycles. The Bertz CT molecular complexity index is 1060. The molecule has 0 radical (unpaired) electrons. The minimum atomic E-state index is -0.555. The number of hydrogen-bond acceptors (Lipinski definition) is 6. The molecule has 2 aromatic carbocycles. The van der Waals surface area contributed by atoms with E-state index in [0.717, 1.165) is 4.68 Å². The van der Waals surface area contributed by atoms with Crippen LogP contribution in [0, 0.1) is 6.92 Å². The lowest BCUT2D eigenvalue weighted by Gasteiger charge is -2.12. The normalized spacial score (nSPS) is 10.5. The monoisotopic (exact) mass is 352 g/mol. The Balaban J connectivity index is 1.87. The number of nitrogens with zero attached hydrogens (tertiary/aromatic N) is 3. The van der Waals surface area contributed by atoms with Gasteiger partial charge in [0.1, 0.15) is 12.1 Å². The highest BCUT2D eigenvalue weighted by Gasteiger charge is 2.17. The van der Waals surface area contributed by atoms with Crippen LogP contribution in [-0.4, -0.2) is 34.0 Å². The van der Waals surface area contributed by atoms with Gasteiger partial charge < -0.3 is 10.1 Å². The topological polar surface area (TPSA) is 103 Å². The maximum Gasteiger partial charge on any atom is 0.340 e. The lowest BCUT2D eigenvalue weighted by molar-refractivity contribution is -0.117. The van der Waals surface area contributed by atoms with Gasteiger partial charge in [0.05, 0.1) is 23.7 Å². The fourth-order valence-electron chi connectivity index (χ4n) is 2.60. The molecule has 0 unspecified atom stereocenters. The van der Waals surface area contributed by atoms with Crippen LogP contribution >= 0.6 is 0 Å². The van der Waals surface area contributed by atoms with Crippen LogP contribution < -0.4 is 10.9 Å². The summed E-state index contributed by atoms with van der Waals surface area (Å²) < 4.78 is 5.73. The third kappa shape index (κ3) is 3.30. The van der Waals surface area contributed by atoms with E-state index in [9.17, 15) is 14.4 Å². The van der Waals surface area contributed by atoms with E-state index >= 15 is 0 Å². The third-order valence-corrected chi connectivity index (χ3v) is 3.86. The zero-order valence-corrected chi connectivity index (χ0v) is 14.2. The molecule has 0 bridgehead atoms. The molecule has 26 heavy (non-hydrogen) atoms. The van der Waals surface area contributed by atoms with Gasteiger partial charge in [-0.05, 0) is 30.7 Å². The fourth-order valence-corrected chi connectivity index (χ4v) is 2.60. The van der Waals surface area contributed by atoms with Gasteiger partial charge in [-0.15, -0.1) is 5.10 Å². The molecular formula is C18H16N4O4. The second-order valence-electron chi connectivity index (χ2n) is 5.61. The summed E-state index contributed by atoms with van der Waals surface area (Å²) in [5.41, 5.74) is 1.28. The molecule has 8 nitrogen and oxygen atoms in total. The van der Waals surface area contributed by atoms with E-state index < -0.39 is 17.4 Å². The molecule has 8 heteroatoms. The number of anilines is 1. The molecule has 3 rings (SSSR count). The molecule has 1 N–H and O–H groups in total. The summed E-state index contributed by atoms with van der Waals surface area (Å²) >= 11 is 0. The van der Waals surface area contributed by atoms with E-state index in [1.807, 2.05) is 0 Å². The van der Waals surface area contributed by atoms with Crippen molar-refractivity contribution in [3.05, 3.63) is 63.9 Å². The summed E-state index contributed by atoms with van der Waals surface area (Å²) in [6, 6.07) is 11.8. The first-order valence-corrected chi connectivity index (χ1v) is 7.81. The van der Waals surface area contributed by atoms with E-state index in [-0.39, 0.29) is 12.1 Å². The van der Waals surface area contributed by atoms with Gasteiger partial charge in [-0.3, -0.25) is 9.59 Å². The highest BCUT2D eigenvalue weighted by molar-refractivity contribution is 6.02. The number of fused-ring (bicyclic) bond motifs is 1. The van der Waals surface area contributed by atoms with Crippen LogP contribution in [0.25, 0.3) is 10.9 Å². The van der Waals surface area contributed by atoms with Crippen LogP contribution in [0.3, 0.4) is 0 Å². The van der Waals surface area contributed by atoms with Gasteiger partial charge in [-0.1, -0.05) is 29.5 Å². The molecule has 1 amide bonds. The van der Waals surface area contributed by atoms with Gasteiger partial charge in [-0.25, -0.2) is 9.48 Å². The summed E-state index contributed by atoms with van der Waals surface area (Å²) in [5, 5.41) is 10.7. The van der Waals surface area contributed by atoms with E-state index in [1.54, 1.807) is 49.4 Å². The molecular weight excluding hydrogens is 336 g/mol. The van der Waals surface area contributed by atoms with Crippen molar-refractivity contribution in [3.63, 3.8) is 0 Å². The number of amides is 1. The van der Waals surface area contributed by atoms with Crippen molar-refractivity contribution in [2.24, 2.45) is 0 Å². The van der Waals surface area contributed by atoms with Crippen molar-refractivity contribution in [2.75, 3.05) is 12.4 Å². The van der Waals surface area contributed by atoms with Crippen LogP contribution in [0.5, 0.6) is 0 Å². The van der Waals surface area contributed by atoms with Gasteiger partial charge >= 0.3 is 5.97 Å². The Morgan fingerprint density at radius 2 is 1.92 bits per heavy atom. The van der Waals surface area contributed by atoms with Crippen molar-refractivity contribution in [2.45, 2.75) is 13.5 Å². The maximum absolute atomic E-state index is 12.4. The summed E-state index contributed by atoms with van der Waals surface area (Å²) in [6.07, 6.45) is 0. The predicted octanol–water partition coefficient (Wildman–Crippen LogP) is 1.53. The summed E-state index contributed by atoms with van der Waals surface area (Å²) in [5.74, 6) is -1.06. The van der Waals surface area contributed by atoms with E-state index in [2.05, 4.69) is 15.6 Å². The standard InChI is InChI=1S/C18H16N4O4/c1-11-6-5-9-14(16(11)18(25)26-2)19-15(23)10-22-17(24)12-7-3-4-8-13(12)20-21-22/h3-9H,10H2,1-2H3,(H,19,23). The number of aromatic nitrogens is 3. The van der Waals surface area contributed by atoms with Crippen LogP contribution in [0.1, 0.15) is 15.9 Å². The summed E-state index contributed by atoms with van der Waals surface area (Å²) in [7, 11) is 1.27. The quantitative estimate of drug-likeness (QED) is 0.714. The van der Waals surface area contributed by atoms with E-state index in [1.165, 1.54) is 7.11 Å². The first-order chi connectivity index (χ1) is 12.5. The molecule has 3 aromatic rings. The Kier molecular flexibility index (Phi) is 4.74. The number of esters is 1. The van der Waals surface area contributed by atoms with Crippen molar-refractivity contribution in [1.82, 2.24) is 15.0 Å². The predicted molar refractivity (Wildman–Crippen MR) is 94.9 cm³/mol. The number of aryl methyl sites for hydroxylation is 1. The van der Waals surface area contributed by atoms with Crippen molar-refractivity contribution in [3.8, 4) is 0 Å². The van der Waals surface area contributed by atoms with Crippen molar-refractivity contribution >= 4 is 28.5 Å². The van der Waals surface area contributed by atoms with Gasteiger partial charge in [0, 0.05) is 0 Å². The third-order valence-electron chi connectivity index (χ3n) is 3.86. The molecule has 0 fully saturated rings. The molecule has 0 aliphatic rings. The smallest absolute Gasteiger partial charge is 0.340 e. The van der Waals surface area contributed by atoms with E-state index in [0.29, 0.717) is 22.2 Å². The Morgan fingerprint density at radius 1 is 1.15 bits per heavy atom. The summed E-state index contributed by atoms with van der Waals surface area (Å²) in [4.78, 5) is 36.7. The van der Waals surface area contributed by atoms with Gasteiger partial charge in [0.25, 0.3) is 5.56 Å². The number of rotatable bonds is 4. The first-order valence-electron chi connectivity index (χ1n) is 7.81. The fraction of sp³-hybridized carbons (Fsp3) is 0.167. The average molecular weight is 352 g/mol. The van der Waals surface area contributed by atoms with Crippen LogP contribution in [-0.2, 0) is 16.1 Å². The van der Waals surface area contributed by atoms with Crippen LogP contribution in [0.15, 0.2) is 47.3 Å². The Labute approximate surface area is 148 Å². The molecule has 1 aromatic heterocycles. The number of carbonyl (C=O) groups excluding carboxylic acids is 2. The van der Waals surface area contributed by atoms with Crippen LogP contribution in [0.4, 0.5) is 5.69 Å². The average Bonchev–Trinajstić information content (AvgIpc) is 2.64. The number of ether oxygens (including phenoxy) is 1. The Hall–Kier alpha value is -3.55. The zero-order chi connectivity index (χ0) is 18.7. The number of nitrogens with one attached hydrogen (secondary N) is 1. The SMILES string of the molecule is COC(=O)c1c(C)cccc1NC(=O)Cn1nnc2ccccc2c1=O. The highest BCUT2D eigenvalue weighted by atomic mass is 16.5. The van der Waals surface area contributed by atoms with Gasteiger partial charge in [-0.2, -0.15) is 0 Å². The largest absolute Gasteiger partial charge is 0.465 e. The zero-order valence-electron chi connectivity index (χ0n) is 14.2. The van der Waals surface area contributed by atoms with Crippen molar-refractivity contribution in [1.29, 1.82) is 0 Å². The molecule has 0 aliphatic heterocycles. The second-order valence-corrected chi connectivity index (χ2v) is 5.61. The van der Waals surface area contributed by atoms with Crippen molar-refractivity contribution < 1.29 is 14.3 Å². The highest BCUT2D eigenvalue weighted by Crippen LogP contribution is 2.20. The lowest BCUT2D eigenvalue weighted by Crippen LogP contribution is -2.30. The number of benzene rings is 2. The molecule has 132 valence electrons. The molecule has 0 saturated heterocycles. The number of hydrogen-bond donors (Lipinski definition) is 1. The van der Waals surface area contributed by atoms with Gasteiger partial charge in [0.2, 0.25) is 5.91 Å².